The molecule has 5 aromatic heterocycles. The minimum atomic E-state index is -3.43. The highest BCUT2D eigenvalue weighted by Crippen LogP contribution is 2.17. The van der Waals surface area contributed by atoms with Crippen LogP contribution in [0.25, 0.3) is 10.4 Å². The largest absolute Gasteiger partial charge is 0.443 e. The molecule has 0 radical (unpaired) electrons. The number of azide groups is 1. The fourth-order valence-electron chi connectivity index (χ4n) is 5.14. The van der Waals surface area contributed by atoms with Crippen molar-refractivity contribution < 1.29 is 26.4 Å². The predicted molar refractivity (Wildman–Crippen MR) is 244 cm³/mol. The number of carbonyl (C=O) groups excluding carboxylic acids is 1. The Bertz CT molecular complexity index is 2360. The van der Waals surface area contributed by atoms with Gasteiger partial charge in [0.2, 0.25) is 26.0 Å². The third kappa shape index (κ3) is 20.3. The lowest BCUT2D eigenvalue weighted by atomic mass is 10.1. The Morgan fingerprint density at radius 1 is 0.952 bits per heavy atom. The first kappa shape index (κ1) is 53.1. The van der Waals surface area contributed by atoms with E-state index in [4.69, 9.17) is 28.2 Å². The van der Waals surface area contributed by atoms with Gasteiger partial charge in [-0.25, -0.2) is 45.6 Å². The Balaban J connectivity index is 0.000000335. The van der Waals surface area contributed by atoms with Gasteiger partial charge in [0.25, 0.3) is 0 Å². The Hall–Kier alpha value is -4.99. The monoisotopic (exact) mass is 954 g/mol. The molecule has 0 fully saturated rings. The molecule has 0 aliphatic heterocycles. The van der Waals surface area contributed by atoms with Crippen LogP contribution < -0.4 is 20.9 Å². The first-order chi connectivity index (χ1) is 29.0. The number of thiophene rings is 2. The summed E-state index contributed by atoms with van der Waals surface area (Å²) in [5.41, 5.74) is 21.5. The van der Waals surface area contributed by atoms with Crippen molar-refractivity contribution in [2.24, 2.45) is 5.11 Å². The third-order valence-electron chi connectivity index (χ3n) is 7.96. The highest BCUT2D eigenvalue weighted by molar-refractivity contribution is 7.91. The van der Waals surface area contributed by atoms with Gasteiger partial charge in [-0.3, -0.25) is 4.68 Å². The van der Waals surface area contributed by atoms with Crippen LogP contribution >= 0.6 is 35.1 Å². The van der Waals surface area contributed by atoms with Crippen molar-refractivity contribution in [3.63, 3.8) is 0 Å². The van der Waals surface area contributed by atoms with Crippen LogP contribution in [0.4, 0.5) is 16.7 Å². The van der Waals surface area contributed by atoms with E-state index in [0.29, 0.717) is 16.7 Å². The van der Waals surface area contributed by atoms with Crippen molar-refractivity contribution in [2.75, 3.05) is 31.1 Å². The summed E-state index contributed by atoms with van der Waals surface area (Å²) in [6.07, 6.45) is 19.5. The zero-order valence-electron chi connectivity index (χ0n) is 34.8. The van der Waals surface area contributed by atoms with E-state index in [9.17, 15) is 21.6 Å². The van der Waals surface area contributed by atoms with Crippen molar-refractivity contribution in [3.8, 4) is 12.3 Å². The average Bonchev–Trinajstić information content (AvgIpc) is 4.05. The Morgan fingerprint density at radius 3 is 2.13 bits per heavy atom. The van der Waals surface area contributed by atoms with Crippen molar-refractivity contribution in [2.45, 2.75) is 106 Å². The smallest absolute Gasteiger partial charge is 0.421 e. The summed E-state index contributed by atoms with van der Waals surface area (Å²) in [5, 5.41) is 14.8. The second kappa shape index (κ2) is 27.2. The molecule has 5 aromatic rings. The fraction of sp³-hybridized carbons (Fsp3) is 0.486. The highest BCUT2D eigenvalue weighted by Gasteiger charge is 2.20. The highest BCUT2D eigenvalue weighted by atomic mass is 35.5. The molecule has 0 saturated carbocycles. The first-order valence-electron chi connectivity index (χ1n) is 19.3. The number of nitrogens with one attached hydrogen (secondary N) is 3. The number of imidazole rings is 2. The molecule has 25 heteroatoms. The van der Waals surface area contributed by atoms with E-state index in [1.807, 2.05) is 27.0 Å². The molecule has 5 rings (SSSR count). The zero-order chi connectivity index (χ0) is 44.7. The van der Waals surface area contributed by atoms with Gasteiger partial charge < -0.3 is 21.2 Å². The molecule has 0 saturated heterocycles. The van der Waals surface area contributed by atoms with Crippen molar-refractivity contribution in [1.29, 1.82) is 0 Å². The Kier molecular flexibility index (Phi) is 23.3. The molecule has 5 heterocycles. The molecule has 0 aromatic carbocycles. The SMILES string of the molecule is C#CCCCCCc1cn(C(=O)OC(C)(C)C)c(N)n1.Cl.Nc1ncc(CCCCCc2cn(CCNS(=O)(=O)c3cccs3)nn2)[nH]1.[N-]=[N+]=NCCNS(=O)(=O)c1cccs1. The van der Waals surface area contributed by atoms with Crippen LogP contribution in [-0.4, -0.2) is 82.7 Å². The number of aryl methyl sites for hydroxylation is 3. The molecule has 0 aliphatic carbocycles. The van der Waals surface area contributed by atoms with Crippen LogP contribution in [0.3, 0.4) is 0 Å². The molecule has 0 spiro atoms. The van der Waals surface area contributed by atoms with Crippen LogP contribution in [0.5, 0.6) is 0 Å². The standard InChI is InChI=1S/C16H23N7O2S2.C15H23N3O2.C6H8N4O2S2.ClH/c17-16-18-11-13(20-16)5-2-1-3-6-14-12-23(22-21-14)9-8-19-27(24,25)15-7-4-10-26-15;1-5-6-7-8-9-10-12-11-18(13(16)17-12)14(19)20-15(2,3)4;7-10-8-3-4-9-14(11,12)6-2-1-5-13-6;/h4,7,10-12,19H,1-3,5-6,8-9H2,(H3,17,18,20);1,11H,6-10H2,2-4H3,(H2,16,17);1-2,5,9H,3-4H2;1H. The third-order valence-corrected chi connectivity index (χ3v) is 13.7. The number of unbranched alkanes of at least 4 members (excludes halogenated alkanes) is 5. The lowest BCUT2D eigenvalue weighted by molar-refractivity contribution is 0.0540. The number of aromatic nitrogens is 7. The lowest BCUT2D eigenvalue weighted by Crippen LogP contribution is -2.27. The maximum Gasteiger partial charge on any atom is 0.421 e. The number of ether oxygens (including phenoxy) is 1. The summed E-state index contributed by atoms with van der Waals surface area (Å²) in [6, 6.07) is 6.47. The molecule has 340 valence electrons. The topological polar surface area (TPSA) is 297 Å². The van der Waals surface area contributed by atoms with Crippen molar-refractivity contribution in [1.82, 2.24) is 44.0 Å². The van der Waals surface area contributed by atoms with Gasteiger partial charge in [0.15, 0.2) is 5.95 Å². The number of hydrogen-bond donors (Lipinski definition) is 5. The van der Waals surface area contributed by atoms with Gasteiger partial charge in [-0.2, -0.15) is 0 Å². The van der Waals surface area contributed by atoms with Crippen LogP contribution in [0.1, 0.15) is 82.8 Å². The van der Waals surface area contributed by atoms with Crippen molar-refractivity contribution in [3.05, 3.63) is 81.1 Å². The van der Waals surface area contributed by atoms with Gasteiger partial charge in [0.1, 0.15) is 14.0 Å². The number of terminal acetylenes is 1. The van der Waals surface area contributed by atoms with E-state index in [1.165, 1.54) is 22.0 Å². The molecule has 0 atom stereocenters. The minimum absolute atomic E-state index is 0. The van der Waals surface area contributed by atoms with E-state index in [-0.39, 0.29) is 42.2 Å². The number of nitrogen functional groups attached to an aromatic ring is 2. The molecule has 7 N–H and O–H groups in total. The van der Waals surface area contributed by atoms with Gasteiger partial charge >= 0.3 is 6.09 Å². The molecular weight excluding hydrogens is 900 g/mol. The summed E-state index contributed by atoms with van der Waals surface area (Å²) in [5.74, 6) is 3.24. The summed E-state index contributed by atoms with van der Waals surface area (Å²) in [4.78, 5) is 25.6. The number of nitrogens with two attached hydrogens (primary N) is 2. The van der Waals surface area contributed by atoms with Crippen LogP contribution in [0.15, 0.2) is 67.1 Å². The van der Waals surface area contributed by atoms with E-state index in [0.717, 1.165) is 92.6 Å². The van der Waals surface area contributed by atoms with Crippen LogP contribution in [-0.2, 0) is 50.6 Å². The number of sulfonamides is 2. The molecule has 0 aliphatic rings. The maximum absolute atomic E-state index is 12.0. The van der Waals surface area contributed by atoms with E-state index >= 15 is 0 Å². The summed E-state index contributed by atoms with van der Waals surface area (Å²) >= 11 is 2.34. The van der Waals surface area contributed by atoms with Gasteiger partial charge in [-0.05, 0) is 94.1 Å². The number of rotatable bonds is 21. The molecular formula is C37H55ClN14O6S4. The quantitative estimate of drug-likeness (QED) is 0.0177. The minimum Gasteiger partial charge on any atom is -0.443 e. The number of H-pyrrole nitrogens is 1. The van der Waals surface area contributed by atoms with Crippen LogP contribution in [0.2, 0.25) is 0 Å². The van der Waals surface area contributed by atoms with E-state index in [1.54, 1.807) is 46.0 Å². The molecule has 0 amide bonds. The van der Waals surface area contributed by atoms with Gasteiger partial charge in [0.05, 0.1) is 24.1 Å². The molecule has 20 nitrogen and oxygen atoms in total. The van der Waals surface area contributed by atoms with Gasteiger partial charge in [0, 0.05) is 49.1 Å². The zero-order valence-corrected chi connectivity index (χ0v) is 38.9. The molecule has 62 heavy (non-hydrogen) atoms. The van der Waals surface area contributed by atoms with E-state index in [2.05, 4.69) is 50.7 Å². The molecule has 0 bridgehead atoms. The number of nitrogens with zero attached hydrogens (tertiary/aromatic N) is 9. The predicted octanol–water partition coefficient (Wildman–Crippen LogP) is 6.32. The molecule has 0 unspecified atom stereocenters. The number of anilines is 2. The number of carbonyl (C=O) groups is 1. The van der Waals surface area contributed by atoms with Crippen molar-refractivity contribution >= 4 is 73.1 Å². The summed E-state index contributed by atoms with van der Waals surface area (Å²) < 4.78 is 60.6. The fourth-order valence-corrected chi connectivity index (χ4v) is 9.26. The van der Waals surface area contributed by atoms with Gasteiger partial charge in [-0.1, -0.05) is 35.3 Å². The lowest BCUT2D eigenvalue weighted by Gasteiger charge is -2.19. The summed E-state index contributed by atoms with van der Waals surface area (Å²) in [6.45, 7) is 6.37. The normalized spacial score (nSPS) is 11.2. The van der Waals surface area contributed by atoms with Gasteiger partial charge in [-0.15, -0.1) is 52.5 Å². The number of hydrogen-bond acceptors (Lipinski definition) is 15. The van der Waals surface area contributed by atoms with Crippen LogP contribution in [0, 0.1) is 12.3 Å². The number of halogens is 1. The first-order valence-corrected chi connectivity index (χ1v) is 24.0. The second-order valence-electron chi connectivity index (χ2n) is 14.1. The number of aromatic amines is 1. The second-order valence-corrected chi connectivity index (χ2v) is 20.0. The average molecular weight is 956 g/mol. The summed E-state index contributed by atoms with van der Waals surface area (Å²) in [7, 11) is -6.84. The maximum atomic E-state index is 12.0. The van der Waals surface area contributed by atoms with E-state index < -0.39 is 31.7 Å². The Labute approximate surface area is 376 Å². The Morgan fingerprint density at radius 2 is 1.56 bits per heavy atom.